The van der Waals surface area contributed by atoms with Crippen molar-refractivity contribution in [2.75, 3.05) is 7.11 Å². The molecule has 0 fully saturated rings. The number of esters is 1. The van der Waals surface area contributed by atoms with Crippen LogP contribution in [0.4, 0.5) is 0 Å². The van der Waals surface area contributed by atoms with Gasteiger partial charge >= 0.3 is 5.97 Å². The van der Waals surface area contributed by atoms with E-state index in [2.05, 4.69) is 20.9 Å². The lowest BCUT2D eigenvalue weighted by Gasteiger charge is -2.16. The standard InChI is InChI=1S/C21H18BrNO4/c1-13-5-3-7-15(21(25)27-12-14-6-4-10-23-11-14)18(13)19-16(22)8-9-17(26-2)20(19)24/h3-11,24H,12H2,1-2H3. The molecule has 5 nitrogen and oxygen atoms in total. The van der Waals surface area contributed by atoms with Crippen molar-refractivity contribution in [2.24, 2.45) is 0 Å². The van der Waals surface area contributed by atoms with Crippen LogP contribution in [0.2, 0.25) is 0 Å². The summed E-state index contributed by atoms with van der Waals surface area (Å²) in [6, 6.07) is 12.4. The summed E-state index contributed by atoms with van der Waals surface area (Å²) in [6.45, 7) is 1.99. The molecule has 0 aliphatic carbocycles. The first-order valence-electron chi connectivity index (χ1n) is 8.24. The van der Waals surface area contributed by atoms with Crippen LogP contribution in [0.15, 0.2) is 59.3 Å². The van der Waals surface area contributed by atoms with E-state index in [0.717, 1.165) is 11.1 Å². The van der Waals surface area contributed by atoms with Gasteiger partial charge in [-0.1, -0.05) is 34.1 Å². The Bertz CT molecular complexity index is 973. The number of benzene rings is 2. The molecule has 3 aromatic rings. The fourth-order valence-electron chi connectivity index (χ4n) is 2.83. The van der Waals surface area contributed by atoms with Crippen molar-refractivity contribution in [3.8, 4) is 22.6 Å². The lowest BCUT2D eigenvalue weighted by molar-refractivity contribution is 0.0473. The summed E-state index contributed by atoms with van der Waals surface area (Å²) in [5.74, 6) is -0.194. The summed E-state index contributed by atoms with van der Waals surface area (Å²) in [6.07, 6.45) is 3.31. The van der Waals surface area contributed by atoms with E-state index in [-0.39, 0.29) is 12.4 Å². The Morgan fingerprint density at radius 2 is 1.96 bits per heavy atom. The van der Waals surface area contributed by atoms with Crippen LogP contribution in [0.1, 0.15) is 21.5 Å². The van der Waals surface area contributed by atoms with Gasteiger partial charge in [0, 0.05) is 33.6 Å². The minimum atomic E-state index is -0.480. The van der Waals surface area contributed by atoms with E-state index in [1.165, 1.54) is 7.11 Å². The van der Waals surface area contributed by atoms with Gasteiger partial charge in [-0.15, -0.1) is 0 Å². The fourth-order valence-corrected chi connectivity index (χ4v) is 3.35. The Kier molecular flexibility index (Phi) is 5.76. The Balaban J connectivity index is 2.02. The van der Waals surface area contributed by atoms with Crippen LogP contribution >= 0.6 is 15.9 Å². The zero-order chi connectivity index (χ0) is 19.4. The van der Waals surface area contributed by atoms with Crippen molar-refractivity contribution in [1.29, 1.82) is 0 Å². The molecule has 0 amide bonds. The molecule has 6 heteroatoms. The monoisotopic (exact) mass is 427 g/mol. The molecule has 138 valence electrons. The largest absolute Gasteiger partial charge is 0.504 e. The third kappa shape index (κ3) is 3.95. The van der Waals surface area contributed by atoms with Crippen LogP contribution in [0.5, 0.6) is 11.5 Å². The van der Waals surface area contributed by atoms with E-state index in [1.807, 2.05) is 19.1 Å². The molecule has 1 N–H and O–H groups in total. The number of hydrogen-bond acceptors (Lipinski definition) is 5. The Morgan fingerprint density at radius 1 is 1.15 bits per heavy atom. The van der Waals surface area contributed by atoms with Gasteiger partial charge in [0.2, 0.25) is 0 Å². The van der Waals surface area contributed by atoms with E-state index in [1.54, 1.807) is 42.7 Å². The highest BCUT2D eigenvalue weighted by molar-refractivity contribution is 9.10. The van der Waals surface area contributed by atoms with Gasteiger partial charge < -0.3 is 14.6 Å². The number of aromatic nitrogens is 1. The molecule has 0 aliphatic heterocycles. The minimum absolute atomic E-state index is 0.0394. The van der Waals surface area contributed by atoms with Gasteiger partial charge in [0.05, 0.1) is 12.7 Å². The third-order valence-electron chi connectivity index (χ3n) is 4.15. The fraction of sp³-hybridized carbons (Fsp3) is 0.143. The van der Waals surface area contributed by atoms with E-state index < -0.39 is 5.97 Å². The highest BCUT2D eigenvalue weighted by Gasteiger charge is 2.22. The lowest BCUT2D eigenvalue weighted by Crippen LogP contribution is -2.08. The summed E-state index contributed by atoms with van der Waals surface area (Å²) >= 11 is 3.46. The highest BCUT2D eigenvalue weighted by Crippen LogP contribution is 2.44. The molecule has 0 aliphatic rings. The smallest absolute Gasteiger partial charge is 0.339 e. The van der Waals surface area contributed by atoms with Crippen molar-refractivity contribution >= 4 is 21.9 Å². The van der Waals surface area contributed by atoms with Crippen molar-refractivity contribution in [1.82, 2.24) is 4.98 Å². The van der Waals surface area contributed by atoms with Crippen LogP contribution in [0, 0.1) is 6.92 Å². The van der Waals surface area contributed by atoms with E-state index >= 15 is 0 Å². The van der Waals surface area contributed by atoms with Gasteiger partial charge in [-0.05, 0) is 36.8 Å². The molecule has 1 heterocycles. The Labute approximate surface area is 165 Å². The van der Waals surface area contributed by atoms with Crippen molar-refractivity contribution in [3.63, 3.8) is 0 Å². The first-order valence-corrected chi connectivity index (χ1v) is 9.03. The van der Waals surface area contributed by atoms with Gasteiger partial charge in [0.25, 0.3) is 0 Å². The summed E-state index contributed by atoms with van der Waals surface area (Å²) in [5.41, 5.74) is 3.07. The number of aryl methyl sites for hydroxylation is 1. The third-order valence-corrected chi connectivity index (χ3v) is 4.81. The molecule has 0 unspecified atom stereocenters. The number of nitrogens with zero attached hydrogens (tertiary/aromatic N) is 1. The van der Waals surface area contributed by atoms with Gasteiger partial charge in [-0.25, -0.2) is 4.79 Å². The number of aromatic hydroxyl groups is 1. The van der Waals surface area contributed by atoms with Crippen LogP contribution < -0.4 is 4.74 Å². The maximum Gasteiger partial charge on any atom is 0.339 e. The lowest BCUT2D eigenvalue weighted by atomic mass is 9.94. The van der Waals surface area contributed by atoms with Crippen molar-refractivity contribution in [2.45, 2.75) is 13.5 Å². The number of phenolic OH excluding ortho intramolecular Hbond substituents is 1. The second-order valence-corrected chi connectivity index (χ2v) is 6.76. The van der Waals surface area contributed by atoms with Gasteiger partial charge in [-0.2, -0.15) is 0 Å². The summed E-state index contributed by atoms with van der Waals surface area (Å²) < 4.78 is 11.3. The number of hydrogen-bond donors (Lipinski definition) is 1. The molecule has 1 aromatic heterocycles. The predicted octanol–water partition coefficient (Wildman–Crippen LogP) is 4.89. The summed E-state index contributed by atoms with van der Waals surface area (Å²) in [4.78, 5) is 16.8. The first-order chi connectivity index (χ1) is 13.0. The van der Waals surface area contributed by atoms with E-state index in [4.69, 9.17) is 9.47 Å². The molecule has 0 spiro atoms. The average molecular weight is 428 g/mol. The van der Waals surface area contributed by atoms with Crippen LogP contribution in [0.25, 0.3) is 11.1 Å². The van der Waals surface area contributed by atoms with Gasteiger partial charge in [-0.3, -0.25) is 4.98 Å². The SMILES string of the molecule is COc1ccc(Br)c(-c2c(C)cccc2C(=O)OCc2cccnc2)c1O. The second kappa shape index (κ2) is 8.22. The first kappa shape index (κ1) is 18.9. The van der Waals surface area contributed by atoms with E-state index in [0.29, 0.717) is 26.9 Å². The number of pyridine rings is 1. The molecule has 2 aromatic carbocycles. The number of carbonyl (C=O) groups excluding carboxylic acids is 1. The Hall–Kier alpha value is -2.86. The molecular formula is C21H18BrNO4. The van der Waals surface area contributed by atoms with Gasteiger partial charge in [0.15, 0.2) is 11.5 Å². The summed E-state index contributed by atoms with van der Waals surface area (Å²) in [5, 5.41) is 10.6. The zero-order valence-electron chi connectivity index (χ0n) is 14.9. The quantitative estimate of drug-likeness (QED) is 0.586. The molecule has 0 saturated carbocycles. The second-order valence-electron chi connectivity index (χ2n) is 5.91. The molecule has 0 saturated heterocycles. The highest BCUT2D eigenvalue weighted by atomic mass is 79.9. The number of halogens is 1. The minimum Gasteiger partial charge on any atom is -0.504 e. The normalized spacial score (nSPS) is 10.5. The number of phenols is 1. The molecule has 0 atom stereocenters. The maximum absolute atomic E-state index is 12.8. The summed E-state index contributed by atoms with van der Waals surface area (Å²) in [7, 11) is 1.48. The number of ether oxygens (including phenoxy) is 2. The molecule has 3 rings (SSSR count). The van der Waals surface area contributed by atoms with E-state index in [9.17, 15) is 9.90 Å². The molecule has 27 heavy (non-hydrogen) atoms. The van der Waals surface area contributed by atoms with Crippen LogP contribution in [0.3, 0.4) is 0 Å². The van der Waals surface area contributed by atoms with Crippen molar-refractivity contribution < 1.29 is 19.4 Å². The van der Waals surface area contributed by atoms with Crippen LogP contribution in [-0.2, 0) is 11.3 Å². The van der Waals surface area contributed by atoms with Gasteiger partial charge in [0.1, 0.15) is 6.61 Å². The predicted molar refractivity (Wildman–Crippen MR) is 106 cm³/mol. The molecular weight excluding hydrogens is 410 g/mol. The molecule has 0 radical (unpaired) electrons. The average Bonchev–Trinajstić information content (AvgIpc) is 2.68. The number of carbonyl (C=O) groups is 1. The zero-order valence-corrected chi connectivity index (χ0v) is 16.5. The van der Waals surface area contributed by atoms with Crippen LogP contribution in [-0.4, -0.2) is 23.2 Å². The topological polar surface area (TPSA) is 68.7 Å². The number of rotatable bonds is 5. The number of methoxy groups -OCH3 is 1. The Morgan fingerprint density at radius 3 is 2.67 bits per heavy atom. The molecule has 0 bridgehead atoms. The maximum atomic E-state index is 12.8. The van der Waals surface area contributed by atoms with Crippen molar-refractivity contribution in [3.05, 3.63) is 76.0 Å².